The summed E-state index contributed by atoms with van der Waals surface area (Å²) >= 11 is 3.01. The van der Waals surface area contributed by atoms with Crippen molar-refractivity contribution in [3.63, 3.8) is 0 Å². The molecule has 0 atom stereocenters. The van der Waals surface area contributed by atoms with Crippen molar-refractivity contribution in [1.29, 1.82) is 0 Å². The first-order valence-electron chi connectivity index (χ1n) is 4.80. The first-order valence-corrected chi connectivity index (χ1v) is 5.60. The van der Waals surface area contributed by atoms with Gasteiger partial charge in [-0.15, -0.1) is 0 Å². The van der Waals surface area contributed by atoms with E-state index in [4.69, 9.17) is 0 Å². The number of carbonyl (C=O) groups excluding carboxylic acids is 1. The molecule has 1 heterocycles. The lowest BCUT2D eigenvalue weighted by Crippen LogP contribution is -2.32. The molecule has 7 heteroatoms. The first kappa shape index (κ1) is 12.7. The number of aromatic nitrogens is 2. The van der Waals surface area contributed by atoms with Crippen LogP contribution in [0.25, 0.3) is 0 Å². The van der Waals surface area contributed by atoms with Gasteiger partial charge in [0.2, 0.25) is 5.91 Å². The van der Waals surface area contributed by atoms with Crippen LogP contribution in [0.1, 0.15) is 13.3 Å². The highest BCUT2D eigenvalue weighted by atomic mass is 79.9. The summed E-state index contributed by atoms with van der Waals surface area (Å²) in [5.41, 5.74) is -0.989. The third-order valence-corrected chi connectivity index (χ3v) is 2.49. The molecular weight excluding hydrogens is 278 g/mol. The normalized spacial score (nSPS) is 10.1. The summed E-state index contributed by atoms with van der Waals surface area (Å²) in [5, 5.41) is 2.62. The lowest BCUT2D eigenvalue weighted by Gasteiger charge is -2.05. The number of H-pyrrole nitrogens is 1. The maximum absolute atomic E-state index is 11.3. The molecule has 1 aromatic rings. The van der Waals surface area contributed by atoms with Crippen LogP contribution in [0.15, 0.2) is 20.3 Å². The quantitative estimate of drug-likeness (QED) is 0.807. The molecule has 1 aromatic heterocycles. The molecule has 2 N–H and O–H groups in total. The summed E-state index contributed by atoms with van der Waals surface area (Å²) in [7, 11) is 0. The van der Waals surface area contributed by atoms with Crippen LogP contribution in [0.2, 0.25) is 0 Å². The Kier molecular flexibility index (Phi) is 4.48. The summed E-state index contributed by atoms with van der Waals surface area (Å²) in [6.45, 7) is 2.61. The van der Waals surface area contributed by atoms with Gasteiger partial charge in [0.15, 0.2) is 0 Å². The highest BCUT2D eigenvalue weighted by molar-refractivity contribution is 9.10. The van der Waals surface area contributed by atoms with Crippen LogP contribution in [0.4, 0.5) is 0 Å². The summed E-state index contributed by atoms with van der Waals surface area (Å²) in [4.78, 5) is 35.7. The molecule has 0 bridgehead atoms. The standard InChI is InChI=1S/C9H12BrN3O3/c1-2-11-7(14)3-4-13-5-6(10)8(15)12-9(13)16/h5H,2-4H2,1H3,(H,11,14)(H,12,15,16). The predicted octanol–water partition coefficient (Wildman–Crippen LogP) is -0.175. The largest absolute Gasteiger partial charge is 0.356 e. The van der Waals surface area contributed by atoms with Crippen LogP contribution in [-0.2, 0) is 11.3 Å². The van der Waals surface area contributed by atoms with Crippen LogP contribution in [0.5, 0.6) is 0 Å². The molecule has 16 heavy (non-hydrogen) atoms. The van der Waals surface area contributed by atoms with Crippen molar-refractivity contribution in [2.45, 2.75) is 19.9 Å². The van der Waals surface area contributed by atoms with Gasteiger partial charge in [0, 0.05) is 25.7 Å². The summed E-state index contributed by atoms with van der Waals surface area (Å²) in [5.74, 6) is -0.128. The van der Waals surface area contributed by atoms with Crippen LogP contribution < -0.4 is 16.6 Å². The van der Waals surface area contributed by atoms with E-state index in [1.165, 1.54) is 10.8 Å². The summed E-state index contributed by atoms with van der Waals surface area (Å²) in [6.07, 6.45) is 1.58. The van der Waals surface area contributed by atoms with E-state index in [1.807, 2.05) is 6.92 Å². The molecule has 88 valence electrons. The number of rotatable bonds is 4. The second kappa shape index (κ2) is 5.64. The molecule has 0 spiro atoms. The fourth-order valence-electron chi connectivity index (χ4n) is 1.16. The molecule has 0 aromatic carbocycles. The van der Waals surface area contributed by atoms with E-state index in [-0.39, 0.29) is 23.3 Å². The van der Waals surface area contributed by atoms with Gasteiger partial charge in [-0.3, -0.25) is 19.1 Å². The van der Waals surface area contributed by atoms with Crippen molar-refractivity contribution in [2.24, 2.45) is 0 Å². The fourth-order valence-corrected chi connectivity index (χ4v) is 1.50. The average Bonchev–Trinajstić information content (AvgIpc) is 2.22. The maximum Gasteiger partial charge on any atom is 0.328 e. The monoisotopic (exact) mass is 289 g/mol. The summed E-state index contributed by atoms with van der Waals surface area (Å²) in [6, 6.07) is 0. The Bertz CT molecular complexity index is 492. The highest BCUT2D eigenvalue weighted by Gasteiger charge is 2.04. The van der Waals surface area contributed by atoms with Crippen molar-refractivity contribution >= 4 is 21.8 Å². The molecule has 0 unspecified atom stereocenters. The molecule has 0 aliphatic heterocycles. The van der Waals surface area contributed by atoms with Gasteiger partial charge in [-0.25, -0.2) is 4.79 Å². The van der Waals surface area contributed by atoms with Gasteiger partial charge < -0.3 is 5.32 Å². The van der Waals surface area contributed by atoms with E-state index in [1.54, 1.807) is 0 Å². The van der Waals surface area contributed by atoms with E-state index >= 15 is 0 Å². The number of hydrogen-bond acceptors (Lipinski definition) is 3. The third-order valence-electron chi connectivity index (χ3n) is 1.92. The Balaban J connectivity index is 2.75. The van der Waals surface area contributed by atoms with Gasteiger partial charge >= 0.3 is 5.69 Å². The van der Waals surface area contributed by atoms with Gasteiger partial charge in [0.1, 0.15) is 0 Å². The molecule has 1 amide bonds. The van der Waals surface area contributed by atoms with Crippen LogP contribution in [0, 0.1) is 0 Å². The number of aromatic amines is 1. The average molecular weight is 290 g/mol. The lowest BCUT2D eigenvalue weighted by molar-refractivity contribution is -0.121. The number of amides is 1. The van der Waals surface area contributed by atoms with Crippen molar-refractivity contribution in [3.05, 3.63) is 31.5 Å². The minimum absolute atomic E-state index is 0.128. The Hall–Kier alpha value is -1.37. The number of nitrogens with zero attached hydrogens (tertiary/aromatic N) is 1. The smallest absolute Gasteiger partial charge is 0.328 e. The van der Waals surface area contributed by atoms with Crippen LogP contribution in [-0.4, -0.2) is 22.0 Å². The van der Waals surface area contributed by atoms with E-state index < -0.39 is 11.2 Å². The second-order valence-corrected chi connectivity index (χ2v) is 3.99. The SMILES string of the molecule is CCNC(=O)CCn1cc(Br)c(=O)[nH]c1=O. The van der Waals surface area contributed by atoms with Crippen LogP contribution in [0.3, 0.4) is 0 Å². The Morgan fingerprint density at radius 3 is 2.88 bits per heavy atom. The van der Waals surface area contributed by atoms with Crippen molar-refractivity contribution in [1.82, 2.24) is 14.9 Å². The third kappa shape index (κ3) is 3.34. The maximum atomic E-state index is 11.3. The predicted molar refractivity (Wildman–Crippen MR) is 62.3 cm³/mol. The number of carbonyl (C=O) groups is 1. The molecule has 0 aliphatic carbocycles. The van der Waals surface area contributed by atoms with E-state index in [0.29, 0.717) is 6.54 Å². The topological polar surface area (TPSA) is 84.0 Å². The summed E-state index contributed by atoms with van der Waals surface area (Å²) < 4.78 is 1.55. The van der Waals surface area contributed by atoms with Gasteiger partial charge in [-0.1, -0.05) is 0 Å². The van der Waals surface area contributed by atoms with E-state index in [9.17, 15) is 14.4 Å². The molecule has 0 fully saturated rings. The Morgan fingerprint density at radius 1 is 1.56 bits per heavy atom. The lowest BCUT2D eigenvalue weighted by atomic mass is 10.4. The zero-order valence-electron chi connectivity index (χ0n) is 8.75. The molecule has 1 rings (SSSR count). The Labute approximate surface area is 99.8 Å². The van der Waals surface area contributed by atoms with Crippen molar-refractivity contribution in [3.8, 4) is 0 Å². The molecule has 0 saturated carbocycles. The molecule has 6 nitrogen and oxygen atoms in total. The molecule has 0 radical (unpaired) electrons. The minimum Gasteiger partial charge on any atom is -0.356 e. The van der Waals surface area contributed by atoms with Crippen molar-refractivity contribution in [2.75, 3.05) is 6.54 Å². The van der Waals surface area contributed by atoms with Gasteiger partial charge in [0.25, 0.3) is 5.56 Å². The van der Waals surface area contributed by atoms with Gasteiger partial charge in [-0.05, 0) is 22.9 Å². The minimum atomic E-state index is -0.516. The zero-order valence-corrected chi connectivity index (χ0v) is 10.3. The van der Waals surface area contributed by atoms with E-state index in [2.05, 4.69) is 26.2 Å². The number of aryl methyl sites for hydroxylation is 1. The first-order chi connectivity index (χ1) is 7.54. The second-order valence-electron chi connectivity index (χ2n) is 3.13. The van der Waals surface area contributed by atoms with Gasteiger partial charge in [0.05, 0.1) is 4.47 Å². The molecule has 0 saturated heterocycles. The molecular formula is C9H12BrN3O3. The van der Waals surface area contributed by atoms with Gasteiger partial charge in [-0.2, -0.15) is 0 Å². The molecule has 0 aliphatic rings. The number of nitrogens with one attached hydrogen (secondary N) is 2. The van der Waals surface area contributed by atoms with Crippen molar-refractivity contribution < 1.29 is 4.79 Å². The highest BCUT2D eigenvalue weighted by Crippen LogP contribution is 1.98. The Morgan fingerprint density at radius 2 is 2.25 bits per heavy atom. The number of hydrogen-bond donors (Lipinski definition) is 2. The zero-order chi connectivity index (χ0) is 12.1. The number of halogens is 1. The van der Waals surface area contributed by atoms with Crippen LogP contribution >= 0.6 is 15.9 Å². The van der Waals surface area contributed by atoms with E-state index in [0.717, 1.165) is 0 Å². The fraction of sp³-hybridized carbons (Fsp3) is 0.444.